The highest BCUT2D eigenvalue weighted by molar-refractivity contribution is 5.82. The molecule has 0 N–H and O–H groups in total. The molecule has 4 saturated heterocycles. The predicted molar refractivity (Wildman–Crippen MR) is 121 cm³/mol. The van der Waals surface area contributed by atoms with Crippen molar-refractivity contribution < 1.29 is 19.1 Å². The fourth-order valence-corrected chi connectivity index (χ4v) is 5.22. The zero-order valence-electron chi connectivity index (χ0n) is 19.3. The van der Waals surface area contributed by atoms with Crippen molar-refractivity contribution in [1.82, 2.24) is 19.6 Å². The molecule has 8 heteroatoms. The van der Waals surface area contributed by atoms with E-state index in [9.17, 15) is 9.59 Å². The molecule has 178 valence electrons. The molecule has 0 aliphatic carbocycles. The normalized spacial score (nSPS) is 28.1. The van der Waals surface area contributed by atoms with Crippen LogP contribution in [0.2, 0.25) is 0 Å². The Morgan fingerprint density at radius 3 is 1.44 bits per heavy atom. The average molecular weight is 447 g/mol. The summed E-state index contributed by atoms with van der Waals surface area (Å²) in [6, 6.07) is -0.108. The van der Waals surface area contributed by atoms with Crippen LogP contribution in [0, 0.1) is 11.8 Å². The van der Waals surface area contributed by atoms with Crippen LogP contribution < -0.4 is 0 Å². The Bertz CT molecular complexity index is 638. The summed E-state index contributed by atoms with van der Waals surface area (Å²) >= 11 is 0. The van der Waals surface area contributed by atoms with Gasteiger partial charge in [-0.25, -0.2) is 0 Å². The highest BCUT2D eigenvalue weighted by Crippen LogP contribution is 2.20. The molecule has 4 fully saturated rings. The molecule has 2 atom stereocenters. The molecule has 32 heavy (non-hydrogen) atoms. The van der Waals surface area contributed by atoms with E-state index in [0.29, 0.717) is 65.7 Å². The Balaban J connectivity index is 1.30. The molecule has 0 aromatic heterocycles. The molecule has 4 rings (SSSR count). The number of likely N-dealkylation sites (tertiary alicyclic amines) is 2. The van der Waals surface area contributed by atoms with Crippen molar-refractivity contribution in [2.75, 3.05) is 78.8 Å². The van der Waals surface area contributed by atoms with Crippen LogP contribution in [0.5, 0.6) is 0 Å². The second kappa shape index (κ2) is 12.0. The van der Waals surface area contributed by atoms with Gasteiger partial charge in [0.25, 0.3) is 0 Å². The van der Waals surface area contributed by atoms with Crippen LogP contribution in [-0.4, -0.2) is 122 Å². The maximum Gasteiger partial charge on any atom is 0.240 e. The smallest absolute Gasteiger partial charge is 0.240 e. The van der Waals surface area contributed by atoms with E-state index in [1.54, 1.807) is 0 Å². The Labute approximate surface area is 192 Å². The van der Waals surface area contributed by atoms with Crippen LogP contribution >= 0.6 is 0 Å². The van der Waals surface area contributed by atoms with Crippen molar-refractivity contribution in [3.8, 4) is 11.8 Å². The Hall–Kier alpha value is -1.66. The number of morpholine rings is 2. The lowest BCUT2D eigenvalue weighted by molar-refractivity contribution is -0.142. The number of ether oxygens (including phenoxy) is 2. The molecule has 0 aromatic rings. The number of carbonyl (C=O) groups excluding carboxylic acids is 2. The van der Waals surface area contributed by atoms with E-state index in [1.807, 2.05) is 9.80 Å². The molecule has 4 heterocycles. The molecule has 0 radical (unpaired) electrons. The summed E-state index contributed by atoms with van der Waals surface area (Å²) in [7, 11) is 0. The number of amides is 2. The first-order valence-electron chi connectivity index (χ1n) is 12.4. The molecule has 4 aliphatic heterocycles. The summed E-state index contributed by atoms with van der Waals surface area (Å²) < 4.78 is 10.8. The highest BCUT2D eigenvalue weighted by atomic mass is 16.5. The molecule has 0 spiro atoms. The van der Waals surface area contributed by atoms with Gasteiger partial charge in [-0.2, -0.15) is 0 Å². The van der Waals surface area contributed by atoms with E-state index in [-0.39, 0.29) is 23.9 Å². The first-order chi connectivity index (χ1) is 15.7. The van der Waals surface area contributed by atoms with E-state index < -0.39 is 0 Å². The number of nitrogens with zero attached hydrogens (tertiary/aromatic N) is 4. The lowest BCUT2D eigenvalue weighted by Gasteiger charge is -2.38. The average Bonchev–Trinajstić information content (AvgIpc) is 2.87. The summed E-state index contributed by atoms with van der Waals surface area (Å²) in [5, 5.41) is 0. The molecule has 0 bridgehead atoms. The third-order valence-corrected chi connectivity index (χ3v) is 7.13. The van der Waals surface area contributed by atoms with Crippen molar-refractivity contribution in [3.63, 3.8) is 0 Å². The van der Waals surface area contributed by atoms with Gasteiger partial charge in [0.1, 0.15) is 0 Å². The Kier molecular flexibility index (Phi) is 8.80. The molecular formula is C24H38N4O4. The van der Waals surface area contributed by atoms with Gasteiger partial charge in [0.05, 0.1) is 51.6 Å². The van der Waals surface area contributed by atoms with Crippen LogP contribution in [0.1, 0.15) is 38.5 Å². The lowest BCUT2D eigenvalue weighted by atomic mass is 10.0. The van der Waals surface area contributed by atoms with Crippen molar-refractivity contribution in [2.45, 2.75) is 50.6 Å². The SMILES string of the molecule is O=C(C1CCCCN1CC#CCN1CCCCC1C(=O)N1CCOCC1)N1CCOCC1. The Morgan fingerprint density at radius 1 is 0.625 bits per heavy atom. The zero-order chi connectivity index (χ0) is 22.2. The maximum absolute atomic E-state index is 13.0. The fraction of sp³-hybridized carbons (Fsp3) is 0.833. The second-order valence-corrected chi connectivity index (χ2v) is 9.19. The van der Waals surface area contributed by atoms with E-state index in [1.165, 1.54) is 0 Å². The van der Waals surface area contributed by atoms with Gasteiger partial charge < -0.3 is 19.3 Å². The first kappa shape index (κ1) is 23.5. The van der Waals surface area contributed by atoms with E-state index in [0.717, 1.165) is 51.6 Å². The third-order valence-electron chi connectivity index (χ3n) is 7.13. The minimum atomic E-state index is -0.0539. The van der Waals surface area contributed by atoms with E-state index in [4.69, 9.17) is 9.47 Å². The molecule has 2 amide bonds. The van der Waals surface area contributed by atoms with Crippen molar-refractivity contribution in [2.24, 2.45) is 0 Å². The van der Waals surface area contributed by atoms with Crippen LogP contribution in [-0.2, 0) is 19.1 Å². The monoisotopic (exact) mass is 446 g/mol. The second-order valence-electron chi connectivity index (χ2n) is 9.19. The molecule has 8 nitrogen and oxygen atoms in total. The van der Waals surface area contributed by atoms with E-state index >= 15 is 0 Å². The van der Waals surface area contributed by atoms with Gasteiger partial charge in [-0.3, -0.25) is 19.4 Å². The molecule has 0 saturated carbocycles. The van der Waals surface area contributed by atoms with Crippen molar-refractivity contribution in [3.05, 3.63) is 0 Å². The summed E-state index contributed by atoms with van der Waals surface area (Å²) in [6.45, 7) is 8.44. The van der Waals surface area contributed by atoms with Crippen LogP contribution in [0.25, 0.3) is 0 Å². The topological polar surface area (TPSA) is 65.6 Å². The standard InChI is InChI=1S/C24H38N4O4/c29-23(27-13-17-31-18-14-27)21-7-1-3-9-25(21)11-5-6-12-26-10-4-2-8-22(26)24(30)28-15-19-32-20-16-28/h21-22H,1-4,7-20H2. The summed E-state index contributed by atoms with van der Waals surface area (Å²) in [5.74, 6) is 7.12. The molecule has 4 aliphatic rings. The third kappa shape index (κ3) is 6.02. The number of piperidine rings is 2. The summed E-state index contributed by atoms with van der Waals surface area (Å²) in [6.07, 6.45) is 6.28. The zero-order valence-corrected chi connectivity index (χ0v) is 19.3. The number of rotatable bonds is 4. The molecular weight excluding hydrogens is 408 g/mol. The van der Waals surface area contributed by atoms with Gasteiger partial charge in [0.15, 0.2) is 0 Å². The number of hydrogen-bond acceptors (Lipinski definition) is 6. The van der Waals surface area contributed by atoms with Gasteiger partial charge in [-0.15, -0.1) is 0 Å². The molecule has 0 aromatic carbocycles. The molecule has 2 unspecified atom stereocenters. The van der Waals surface area contributed by atoms with Gasteiger partial charge in [0, 0.05) is 26.2 Å². The van der Waals surface area contributed by atoms with Gasteiger partial charge in [-0.1, -0.05) is 24.7 Å². The Morgan fingerprint density at radius 2 is 1.03 bits per heavy atom. The predicted octanol–water partition coefficient (Wildman–Crippen LogP) is 0.416. The number of hydrogen-bond donors (Lipinski definition) is 0. The van der Waals surface area contributed by atoms with Gasteiger partial charge in [-0.05, 0) is 38.8 Å². The first-order valence-corrected chi connectivity index (χ1v) is 12.4. The van der Waals surface area contributed by atoms with Crippen molar-refractivity contribution >= 4 is 11.8 Å². The largest absolute Gasteiger partial charge is 0.378 e. The van der Waals surface area contributed by atoms with Crippen LogP contribution in [0.3, 0.4) is 0 Å². The number of carbonyl (C=O) groups is 2. The summed E-state index contributed by atoms with van der Waals surface area (Å²) in [5.41, 5.74) is 0. The minimum absolute atomic E-state index is 0.0539. The van der Waals surface area contributed by atoms with E-state index in [2.05, 4.69) is 21.6 Å². The van der Waals surface area contributed by atoms with Gasteiger partial charge >= 0.3 is 0 Å². The summed E-state index contributed by atoms with van der Waals surface area (Å²) in [4.78, 5) is 34.5. The van der Waals surface area contributed by atoms with Crippen molar-refractivity contribution in [1.29, 1.82) is 0 Å². The highest BCUT2D eigenvalue weighted by Gasteiger charge is 2.33. The van der Waals surface area contributed by atoms with Gasteiger partial charge in [0.2, 0.25) is 11.8 Å². The lowest BCUT2D eigenvalue weighted by Crippen LogP contribution is -2.53. The fourth-order valence-electron chi connectivity index (χ4n) is 5.22. The van der Waals surface area contributed by atoms with Crippen LogP contribution in [0.15, 0.2) is 0 Å². The van der Waals surface area contributed by atoms with Crippen LogP contribution in [0.4, 0.5) is 0 Å². The minimum Gasteiger partial charge on any atom is -0.378 e. The quantitative estimate of drug-likeness (QED) is 0.583. The maximum atomic E-state index is 13.0.